The number of methoxy groups -OCH3 is 1. The Kier molecular flexibility index (Phi) is 8.35. The summed E-state index contributed by atoms with van der Waals surface area (Å²) in [6.45, 7) is 2.82. The lowest BCUT2D eigenvalue weighted by molar-refractivity contribution is 0.195. The minimum Gasteiger partial charge on any atom is -0.489 e. The highest BCUT2D eigenvalue weighted by molar-refractivity contribution is 5.79. The van der Waals surface area contributed by atoms with Crippen LogP contribution in [0.15, 0.2) is 59.6 Å². The van der Waals surface area contributed by atoms with E-state index < -0.39 is 0 Å². The van der Waals surface area contributed by atoms with E-state index in [1.54, 1.807) is 14.2 Å². The number of ether oxygens (including phenoxy) is 2. The Morgan fingerprint density at radius 3 is 2.56 bits per heavy atom. The molecule has 0 aliphatic carbocycles. The summed E-state index contributed by atoms with van der Waals surface area (Å²) in [5.41, 5.74) is 2.30. The van der Waals surface area contributed by atoms with Gasteiger partial charge in [0.2, 0.25) is 0 Å². The first-order valence-corrected chi connectivity index (χ1v) is 8.51. The van der Waals surface area contributed by atoms with E-state index in [1.165, 1.54) is 0 Å². The molecule has 0 spiro atoms. The van der Waals surface area contributed by atoms with Crippen LogP contribution in [0.25, 0.3) is 0 Å². The Balaban J connectivity index is 1.80. The lowest BCUT2D eigenvalue weighted by atomic mass is 10.2. The maximum absolute atomic E-state index is 5.87. The van der Waals surface area contributed by atoms with Crippen LogP contribution in [0.3, 0.4) is 0 Å². The summed E-state index contributed by atoms with van der Waals surface area (Å²) < 4.78 is 10.9. The van der Waals surface area contributed by atoms with Crippen molar-refractivity contribution in [3.8, 4) is 5.75 Å². The number of aliphatic imine (C=N–C) groups is 1. The molecule has 0 saturated carbocycles. The fraction of sp³-hybridized carbons (Fsp3) is 0.350. The van der Waals surface area contributed by atoms with Crippen LogP contribution in [0, 0.1) is 0 Å². The second-order valence-corrected chi connectivity index (χ2v) is 5.62. The summed E-state index contributed by atoms with van der Waals surface area (Å²) >= 11 is 0. The van der Waals surface area contributed by atoms with Crippen LogP contribution in [-0.4, -0.2) is 33.3 Å². The number of hydrogen-bond donors (Lipinski definition) is 2. The average Bonchev–Trinajstić information content (AvgIpc) is 2.67. The van der Waals surface area contributed by atoms with Gasteiger partial charge in [0.15, 0.2) is 5.96 Å². The highest BCUT2D eigenvalue weighted by Crippen LogP contribution is 2.15. The van der Waals surface area contributed by atoms with Crippen molar-refractivity contribution >= 4 is 5.96 Å². The number of benzene rings is 2. The molecular formula is C20H27N3O2. The Bertz CT molecular complexity index is 644. The van der Waals surface area contributed by atoms with Crippen molar-refractivity contribution in [2.24, 2.45) is 4.99 Å². The molecule has 0 fully saturated rings. The van der Waals surface area contributed by atoms with Gasteiger partial charge in [0.25, 0.3) is 0 Å². The zero-order valence-corrected chi connectivity index (χ0v) is 15.0. The molecule has 134 valence electrons. The summed E-state index contributed by atoms with van der Waals surface area (Å²) in [4.78, 5) is 4.22. The average molecular weight is 341 g/mol. The van der Waals surface area contributed by atoms with Crippen LogP contribution in [0.2, 0.25) is 0 Å². The van der Waals surface area contributed by atoms with E-state index in [0.29, 0.717) is 13.2 Å². The SMILES string of the molecule is CN=C(NCCCOC)NCc1cccc(OCc2ccccc2)c1. The van der Waals surface area contributed by atoms with E-state index in [-0.39, 0.29) is 0 Å². The normalized spacial score (nSPS) is 11.2. The van der Waals surface area contributed by atoms with Crippen LogP contribution < -0.4 is 15.4 Å². The molecule has 0 aliphatic rings. The van der Waals surface area contributed by atoms with Gasteiger partial charge in [0.05, 0.1) is 0 Å². The molecule has 5 heteroatoms. The molecule has 0 amide bonds. The molecule has 0 aliphatic heterocycles. The number of nitrogens with zero attached hydrogens (tertiary/aromatic N) is 1. The van der Waals surface area contributed by atoms with Crippen molar-refractivity contribution < 1.29 is 9.47 Å². The van der Waals surface area contributed by atoms with Crippen molar-refractivity contribution in [3.63, 3.8) is 0 Å². The molecule has 25 heavy (non-hydrogen) atoms. The largest absolute Gasteiger partial charge is 0.489 e. The molecular weight excluding hydrogens is 314 g/mol. The summed E-state index contributed by atoms with van der Waals surface area (Å²) in [7, 11) is 3.48. The van der Waals surface area contributed by atoms with Gasteiger partial charge < -0.3 is 20.1 Å². The molecule has 0 radical (unpaired) electrons. The molecule has 0 saturated heterocycles. The summed E-state index contributed by atoms with van der Waals surface area (Å²) in [5.74, 6) is 1.65. The molecule has 0 unspecified atom stereocenters. The number of hydrogen-bond acceptors (Lipinski definition) is 3. The Hall–Kier alpha value is -2.53. The van der Waals surface area contributed by atoms with Gasteiger partial charge in [-0.15, -0.1) is 0 Å². The molecule has 2 rings (SSSR count). The Labute approximate surface area is 150 Å². The van der Waals surface area contributed by atoms with Crippen LogP contribution in [0.4, 0.5) is 0 Å². The van der Waals surface area contributed by atoms with Gasteiger partial charge in [-0.3, -0.25) is 4.99 Å². The molecule has 0 heterocycles. The minimum atomic E-state index is 0.570. The second-order valence-electron chi connectivity index (χ2n) is 5.62. The lowest BCUT2D eigenvalue weighted by Crippen LogP contribution is -2.37. The number of nitrogens with one attached hydrogen (secondary N) is 2. The third-order valence-corrected chi connectivity index (χ3v) is 3.65. The number of guanidine groups is 1. The van der Waals surface area contributed by atoms with E-state index >= 15 is 0 Å². The van der Waals surface area contributed by atoms with Crippen LogP contribution in [0.5, 0.6) is 5.75 Å². The van der Waals surface area contributed by atoms with Gasteiger partial charge in [-0.05, 0) is 29.7 Å². The summed E-state index contributed by atoms with van der Waals surface area (Å²) in [6, 6.07) is 18.3. The summed E-state index contributed by atoms with van der Waals surface area (Å²) in [5, 5.41) is 6.57. The monoisotopic (exact) mass is 341 g/mol. The van der Waals surface area contributed by atoms with Gasteiger partial charge in [0.1, 0.15) is 12.4 Å². The first-order valence-electron chi connectivity index (χ1n) is 8.51. The van der Waals surface area contributed by atoms with Crippen molar-refractivity contribution in [3.05, 3.63) is 65.7 Å². The molecule has 0 atom stereocenters. The zero-order chi connectivity index (χ0) is 17.7. The first-order chi connectivity index (χ1) is 12.3. The molecule has 5 nitrogen and oxygen atoms in total. The van der Waals surface area contributed by atoms with Crippen molar-refractivity contribution in [1.29, 1.82) is 0 Å². The third-order valence-electron chi connectivity index (χ3n) is 3.65. The van der Waals surface area contributed by atoms with Crippen LogP contribution in [-0.2, 0) is 17.9 Å². The van der Waals surface area contributed by atoms with Gasteiger partial charge in [-0.1, -0.05) is 42.5 Å². The fourth-order valence-corrected chi connectivity index (χ4v) is 2.32. The third kappa shape index (κ3) is 7.27. The highest BCUT2D eigenvalue weighted by atomic mass is 16.5. The molecule has 0 aromatic heterocycles. The maximum Gasteiger partial charge on any atom is 0.191 e. The Morgan fingerprint density at radius 1 is 1.00 bits per heavy atom. The summed E-state index contributed by atoms with van der Waals surface area (Å²) in [6.07, 6.45) is 0.944. The molecule has 2 aromatic carbocycles. The maximum atomic E-state index is 5.87. The molecule has 2 aromatic rings. The van der Waals surface area contributed by atoms with Crippen molar-refractivity contribution in [2.45, 2.75) is 19.6 Å². The van der Waals surface area contributed by atoms with Gasteiger partial charge in [-0.2, -0.15) is 0 Å². The van der Waals surface area contributed by atoms with E-state index in [1.807, 2.05) is 36.4 Å². The Morgan fingerprint density at radius 2 is 1.80 bits per heavy atom. The van der Waals surface area contributed by atoms with E-state index in [2.05, 4.69) is 33.8 Å². The fourth-order valence-electron chi connectivity index (χ4n) is 2.32. The highest BCUT2D eigenvalue weighted by Gasteiger charge is 2.01. The predicted molar refractivity (Wildman–Crippen MR) is 102 cm³/mol. The van der Waals surface area contributed by atoms with Gasteiger partial charge in [0, 0.05) is 33.9 Å². The lowest BCUT2D eigenvalue weighted by Gasteiger charge is -2.13. The predicted octanol–water partition coefficient (Wildman–Crippen LogP) is 2.97. The van der Waals surface area contributed by atoms with E-state index in [9.17, 15) is 0 Å². The molecule has 0 bridgehead atoms. The first kappa shape index (κ1) is 18.8. The van der Waals surface area contributed by atoms with Crippen LogP contribution >= 0.6 is 0 Å². The smallest absolute Gasteiger partial charge is 0.191 e. The number of rotatable bonds is 9. The zero-order valence-electron chi connectivity index (χ0n) is 15.0. The van der Waals surface area contributed by atoms with E-state index in [4.69, 9.17) is 9.47 Å². The molecule has 2 N–H and O–H groups in total. The van der Waals surface area contributed by atoms with Crippen LogP contribution in [0.1, 0.15) is 17.5 Å². The second kappa shape index (κ2) is 11.1. The van der Waals surface area contributed by atoms with Gasteiger partial charge >= 0.3 is 0 Å². The van der Waals surface area contributed by atoms with Crippen molar-refractivity contribution in [2.75, 3.05) is 27.3 Å². The quantitative estimate of drug-likeness (QED) is 0.418. The minimum absolute atomic E-state index is 0.570. The van der Waals surface area contributed by atoms with Gasteiger partial charge in [-0.25, -0.2) is 0 Å². The van der Waals surface area contributed by atoms with E-state index in [0.717, 1.165) is 42.4 Å². The standard InChI is InChI=1S/C20H27N3O2/c1-21-20(22-12-7-13-24-2)23-15-18-10-6-11-19(14-18)25-16-17-8-4-3-5-9-17/h3-6,8-11,14H,7,12-13,15-16H2,1-2H3,(H2,21,22,23). The topological polar surface area (TPSA) is 54.9 Å². The van der Waals surface area contributed by atoms with Crippen molar-refractivity contribution in [1.82, 2.24) is 10.6 Å².